The van der Waals surface area contributed by atoms with Crippen LogP contribution in [-0.4, -0.2) is 31.8 Å². The Hall–Kier alpha value is -7.00. The number of hydrogen-bond acceptors (Lipinski definition) is 5. The first kappa shape index (κ1) is 29.4. The Morgan fingerprint density at radius 1 is 0.551 bits per heavy atom. The van der Waals surface area contributed by atoms with Crippen LogP contribution in [0.15, 0.2) is 146 Å². The normalized spacial score (nSPS) is 11.1. The van der Waals surface area contributed by atoms with Crippen LogP contribution in [0.25, 0.3) is 44.8 Å². The van der Waals surface area contributed by atoms with Gasteiger partial charge >= 0.3 is 0 Å². The number of ether oxygens (including phenoxy) is 1. The molecule has 0 aliphatic carbocycles. The number of amides is 2. The molecule has 0 spiro atoms. The standard InChI is InChI=1S/C40H28N6O3/c41-37(47)25-15-19-31(20-16-25)49-32-21-17-26(18-22-32)40(48)46(29-9-5-7-27(23-29)38-42-33-11-1-2-12-34(33)43-38)30-10-6-8-28(24-30)39-44-35-13-3-4-14-36(35)45-39/h1-24H,(H2,41,47)(H,42,43)(H,44,45). The molecule has 9 nitrogen and oxygen atoms in total. The number of H-pyrrole nitrogens is 2. The summed E-state index contributed by atoms with van der Waals surface area (Å²) in [5.74, 6) is 1.74. The SMILES string of the molecule is NC(=O)c1ccc(Oc2ccc(C(=O)N(c3cccc(-c4nc5ccccc5[nH]4)c3)c3cccc(-c4nc5ccccc5[nH]4)c3)cc2)cc1. The summed E-state index contributed by atoms with van der Waals surface area (Å²) < 4.78 is 5.96. The van der Waals surface area contributed by atoms with E-state index in [2.05, 4.69) is 9.97 Å². The first-order valence-electron chi connectivity index (χ1n) is 15.6. The minimum absolute atomic E-state index is 0.235. The smallest absolute Gasteiger partial charge is 0.262 e. The fraction of sp³-hybridized carbons (Fsp3) is 0. The van der Waals surface area contributed by atoms with Crippen molar-refractivity contribution in [2.24, 2.45) is 5.73 Å². The van der Waals surface area contributed by atoms with Crippen molar-refractivity contribution in [1.82, 2.24) is 19.9 Å². The number of nitrogens with one attached hydrogen (secondary N) is 2. The van der Waals surface area contributed by atoms with Crippen LogP contribution in [0.1, 0.15) is 20.7 Å². The van der Waals surface area contributed by atoms with Gasteiger partial charge in [0.15, 0.2) is 0 Å². The largest absolute Gasteiger partial charge is 0.457 e. The van der Waals surface area contributed by atoms with Gasteiger partial charge in [0.25, 0.3) is 5.91 Å². The molecular weight excluding hydrogens is 612 g/mol. The van der Waals surface area contributed by atoms with Gasteiger partial charge in [0, 0.05) is 33.6 Å². The lowest BCUT2D eigenvalue weighted by atomic mass is 10.1. The van der Waals surface area contributed by atoms with E-state index in [0.29, 0.717) is 45.6 Å². The number of para-hydroxylation sites is 4. The molecule has 4 N–H and O–H groups in total. The van der Waals surface area contributed by atoms with E-state index < -0.39 is 5.91 Å². The number of fused-ring (bicyclic) bond motifs is 2. The summed E-state index contributed by atoms with van der Waals surface area (Å²) in [5.41, 5.74) is 12.8. The van der Waals surface area contributed by atoms with Gasteiger partial charge in [-0.25, -0.2) is 9.97 Å². The minimum Gasteiger partial charge on any atom is -0.457 e. The highest BCUT2D eigenvalue weighted by Gasteiger charge is 2.22. The van der Waals surface area contributed by atoms with E-state index in [1.165, 1.54) is 0 Å². The number of aromatic amines is 2. The van der Waals surface area contributed by atoms with Crippen molar-refractivity contribution in [2.75, 3.05) is 4.90 Å². The maximum atomic E-state index is 14.5. The predicted molar refractivity (Wildman–Crippen MR) is 191 cm³/mol. The number of carbonyl (C=O) groups excluding carboxylic acids is 2. The second kappa shape index (κ2) is 12.3. The Morgan fingerprint density at radius 2 is 1.02 bits per heavy atom. The second-order valence-electron chi connectivity index (χ2n) is 11.5. The lowest BCUT2D eigenvalue weighted by Gasteiger charge is -2.24. The van der Waals surface area contributed by atoms with Crippen LogP contribution in [0.2, 0.25) is 0 Å². The zero-order valence-corrected chi connectivity index (χ0v) is 26.0. The molecule has 0 aliphatic rings. The molecule has 236 valence electrons. The third-order valence-corrected chi connectivity index (χ3v) is 8.21. The summed E-state index contributed by atoms with van der Waals surface area (Å²) in [4.78, 5) is 44.0. The van der Waals surface area contributed by atoms with Crippen molar-refractivity contribution in [3.63, 3.8) is 0 Å². The van der Waals surface area contributed by atoms with E-state index in [0.717, 1.165) is 33.2 Å². The third-order valence-electron chi connectivity index (χ3n) is 8.21. The number of primary amides is 1. The first-order valence-corrected chi connectivity index (χ1v) is 15.6. The number of aromatic nitrogens is 4. The molecule has 0 saturated carbocycles. The monoisotopic (exact) mass is 640 g/mol. The van der Waals surface area contributed by atoms with E-state index in [1.807, 2.05) is 97.1 Å². The van der Waals surface area contributed by atoms with Gasteiger partial charge in [0.2, 0.25) is 5.91 Å². The maximum absolute atomic E-state index is 14.5. The second-order valence-corrected chi connectivity index (χ2v) is 11.5. The maximum Gasteiger partial charge on any atom is 0.262 e. The number of rotatable bonds is 8. The van der Waals surface area contributed by atoms with Gasteiger partial charge in [0.05, 0.1) is 22.1 Å². The van der Waals surface area contributed by atoms with Crippen molar-refractivity contribution >= 4 is 45.3 Å². The average Bonchev–Trinajstić information content (AvgIpc) is 3.78. The Kier molecular flexibility index (Phi) is 7.39. The molecule has 6 aromatic carbocycles. The molecule has 49 heavy (non-hydrogen) atoms. The lowest BCUT2D eigenvalue weighted by molar-refractivity contribution is 0.0991. The molecule has 0 radical (unpaired) electrons. The van der Waals surface area contributed by atoms with Gasteiger partial charge in [-0.3, -0.25) is 14.5 Å². The van der Waals surface area contributed by atoms with Crippen molar-refractivity contribution in [3.05, 3.63) is 157 Å². The van der Waals surface area contributed by atoms with Crippen LogP contribution < -0.4 is 15.4 Å². The molecular formula is C40H28N6O3. The molecule has 0 fully saturated rings. The summed E-state index contributed by atoms with van der Waals surface area (Å²) in [7, 11) is 0. The Balaban J connectivity index is 1.16. The molecule has 9 heteroatoms. The summed E-state index contributed by atoms with van der Waals surface area (Å²) in [6.45, 7) is 0. The van der Waals surface area contributed by atoms with Gasteiger partial charge in [-0.05, 0) is 97.1 Å². The van der Waals surface area contributed by atoms with Crippen LogP contribution in [0.4, 0.5) is 11.4 Å². The summed E-state index contributed by atoms with van der Waals surface area (Å²) in [6, 6.07) is 44.7. The predicted octanol–water partition coefficient (Wildman–Crippen LogP) is 8.64. The fourth-order valence-corrected chi connectivity index (χ4v) is 5.77. The molecule has 8 aromatic rings. The van der Waals surface area contributed by atoms with Gasteiger partial charge in [-0.2, -0.15) is 0 Å². The lowest BCUT2D eigenvalue weighted by Crippen LogP contribution is -2.26. The zero-order chi connectivity index (χ0) is 33.3. The summed E-state index contributed by atoms with van der Waals surface area (Å²) >= 11 is 0. The molecule has 0 aliphatic heterocycles. The molecule has 0 bridgehead atoms. The molecule has 2 amide bonds. The Labute approximate surface area is 280 Å². The summed E-state index contributed by atoms with van der Waals surface area (Å²) in [5, 5.41) is 0. The van der Waals surface area contributed by atoms with Crippen LogP contribution >= 0.6 is 0 Å². The topological polar surface area (TPSA) is 130 Å². The molecule has 0 atom stereocenters. The van der Waals surface area contributed by atoms with Crippen LogP contribution in [0.3, 0.4) is 0 Å². The third kappa shape index (κ3) is 5.88. The molecule has 8 rings (SSSR count). The number of benzene rings is 6. The number of hydrogen-bond donors (Lipinski definition) is 3. The number of nitrogens with zero attached hydrogens (tertiary/aromatic N) is 3. The van der Waals surface area contributed by atoms with Crippen molar-refractivity contribution < 1.29 is 14.3 Å². The van der Waals surface area contributed by atoms with E-state index in [9.17, 15) is 9.59 Å². The minimum atomic E-state index is -0.509. The van der Waals surface area contributed by atoms with E-state index in [4.69, 9.17) is 20.4 Å². The highest BCUT2D eigenvalue weighted by atomic mass is 16.5. The fourth-order valence-electron chi connectivity index (χ4n) is 5.77. The van der Waals surface area contributed by atoms with Crippen LogP contribution in [-0.2, 0) is 0 Å². The van der Waals surface area contributed by atoms with Crippen LogP contribution in [0.5, 0.6) is 11.5 Å². The number of nitrogens with two attached hydrogens (primary N) is 1. The number of imidazole rings is 2. The van der Waals surface area contributed by atoms with Gasteiger partial charge in [-0.15, -0.1) is 0 Å². The highest BCUT2D eigenvalue weighted by Crippen LogP contribution is 2.34. The highest BCUT2D eigenvalue weighted by molar-refractivity contribution is 6.11. The molecule has 2 aromatic heterocycles. The van der Waals surface area contributed by atoms with E-state index in [-0.39, 0.29) is 5.91 Å². The van der Waals surface area contributed by atoms with Crippen molar-refractivity contribution in [3.8, 4) is 34.3 Å². The molecule has 0 unspecified atom stereocenters. The Bertz CT molecular complexity index is 2300. The van der Waals surface area contributed by atoms with E-state index >= 15 is 0 Å². The Morgan fingerprint density at radius 3 is 1.49 bits per heavy atom. The average molecular weight is 641 g/mol. The van der Waals surface area contributed by atoms with Crippen molar-refractivity contribution in [1.29, 1.82) is 0 Å². The quantitative estimate of drug-likeness (QED) is 0.153. The molecule has 0 saturated heterocycles. The van der Waals surface area contributed by atoms with Gasteiger partial charge in [0.1, 0.15) is 23.1 Å². The first-order chi connectivity index (χ1) is 24.0. The van der Waals surface area contributed by atoms with Crippen molar-refractivity contribution in [2.45, 2.75) is 0 Å². The van der Waals surface area contributed by atoms with Gasteiger partial charge in [-0.1, -0.05) is 48.5 Å². The van der Waals surface area contributed by atoms with Crippen LogP contribution in [0, 0.1) is 0 Å². The summed E-state index contributed by atoms with van der Waals surface area (Å²) in [6.07, 6.45) is 0. The zero-order valence-electron chi connectivity index (χ0n) is 26.0. The number of carbonyl (C=O) groups is 2. The molecule has 2 heterocycles. The van der Waals surface area contributed by atoms with E-state index in [1.54, 1.807) is 53.4 Å². The van der Waals surface area contributed by atoms with Gasteiger partial charge < -0.3 is 20.4 Å². The number of anilines is 2.